The van der Waals surface area contributed by atoms with Crippen LogP contribution in [0.15, 0.2) is 11.1 Å². The monoisotopic (exact) mass is 558 g/mol. The summed E-state index contributed by atoms with van der Waals surface area (Å²) in [4.78, 5) is 12.3. The molecule has 9 atom stereocenters. The first-order valence-electron chi connectivity index (χ1n) is 12.2. The smallest absolute Gasteiger partial charge is 0.334 e. The van der Waals surface area contributed by atoms with Gasteiger partial charge in [0.15, 0.2) is 0 Å². The van der Waals surface area contributed by atoms with Crippen LogP contribution in [0.5, 0.6) is 0 Å². The third kappa shape index (κ3) is 2.38. The van der Waals surface area contributed by atoms with Crippen LogP contribution in [0.25, 0.3) is 0 Å². The van der Waals surface area contributed by atoms with Crippen LogP contribution >= 0.6 is 22.6 Å². The van der Waals surface area contributed by atoms with E-state index in [1.165, 1.54) is 0 Å². The SMILES string of the molecule is CC(C)[C@]12C[C@H]1[C@@H]1O[C@@]13[C@@]1(C)CCC4=C(COC4=O)[C@@H]1CO[C@]3(C)[C@@H]2OC(CI)CCO. The van der Waals surface area contributed by atoms with Gasteiger partial charge in [0.2, 0.25) is 0 Å². The molecule has 0 amide bonds. The Labute approximate surface area is 203 Å². The summed E-state index contributed by atoms with van der Waals surface area (Å²) in [7, 11) is 0. The van der Waals surface area contributed by atoms with Gasteiger partial charge < -0.3 is 24.1 Å². The number of aliphatic hydroxyl groups excluding tert-OH is 1. The van der Waals surface area contributed by atoms with Crippen LogP contribution in [0.4, 0.5) is 0 Å². The van der Waals surface area contributed by atoms with Gasteiger partial charge in [0, 0.05) is 33.4 Å². The summed E-state index contributed by atoms with van der Waals surface area (Å²) in [5.74, 6) is 0.970. The summed E-state index contributed by atoms with van der Waals surface area (Å²) in [6.45, 7) is 10.3. The fraction of sp³-hybridized carbons (Fsp3) is 0.880. The lowest BCUT2D eigenvalue weighted by Crippen LogP contribution is -2.73. The molecular formula is C25H35IO6. The van der Waals surface area contributed by atoms with Crippen molar-refractivity contribution in [1.82, 2.24) is 0 Å². The van der Waals surface area contributed by atoms with E-state index in [0.717, 1.165) is 34.8 Å². The first-order chi connectivity index (χ1) is 15.2. The first kappa shape index (κ1) is 22.3. The molecule has 6 rings (SSSR count). The van der Waals surface area contributed by atoms with E-state index in [1.54, 1.807) is 0 Å². The van der Waals surface area contributed by atoms with Gasteiger partial charge in [-0.25, -0.2) is 4.79 Å². The fourth-order valence-electron chi connectivity index (χ4n) is 8.55. The molecule has 3 aliphatic carbocycles. The Bertz CT molecular complexity index is 888. The molecule has 178 valence electrons. The van der Waals surface area contributed by atoms with Crippen molar-refractivity contribution >= 4 is 28.6 Å². The first-order valence-corrected chi connectivity index (χ1v) is 13.8. The predicted molar refractivity (Wildman–Crippen MR) is 125 cm³/mol. The van der Waals surface area contributed by atoms with Crippen molar-refractivity contribution in [3.05, 3.63) is 11.1 Å². The van der Waals surface area contributed by atoms with Gasteiger partial charge in [-0.1, -0.05) is 43.4 Å². The van der Waals surface area contributed by atoms with E-state index in [0.29, 0.717) is 31.5 Å². The molecule has 3 aliphatic heterocycles. The lowest BCUT2D eigenvalue weighted by atomic mass is 9.49. The summed E-state index contributed by atoms with van der Waals surface area (Å²) in [6.07, 6.45) is 3.56. The molecule has 1 unspecified atom stereocenters. The molecule has 2 saturated heterocycles. The van der Waals surface area contributed by atoms with Crippen molar-refractivity contribution in [3.8, 4) is 0 Å². The second kappa shape index (κ2) is 6.93. The number of fused-ring (bicyclic) bond motifs is 4. The maximum atomic E-state index is 12.3. The lowest BCUT2D eigenvalue weighted by Gasteiger charge is -2.61. The minimum Gasteiger partial charge on any atom is -0.458 e. The van der Waals surface area contributed by atoms with E-state index in [9.17, 15) is 9.90 Å². The molecule has 6 aliphatic rings. The number of esters is 1. The highest BCUT2D eigenvalue weighted by Crippen LogP contribution is 2.82. The molecule has 2 saturated carbocycles. The Morgan fingerprint density at radius 1 is 1.31 bits per heavy atom. The van der Waals surface area contributed by atoms with E-state index in [4.69, 9.17) is 18.9 Å². The minimum absolute atomic E-state index is 0.00213. The van der Waals surface area contributed by atoms with E-state index < -0.39 is 11.2 Å². The standard InChI is InChI=1S/C25H35IO6/c1-13(2)24-9-17(24)19-25(32-19)22(3)7-5-15-16(11-29-20(15)28)18(22)12-30-23(25,4)21(24)31-14(10-26)6-8-27/h13-14,17-19,21,27H,5-12H2,1-4H3/t14?,17-,18-,19-,21-,22-,23+,24+,25+/m0/s1. The van der Waals surface area contributed by atoms with Gasteiger partial charge in [0.1, 0.15) is 17.8 Å². The van der Waals surface area contributed by atoms with Gasteiger partial charge in [-0.05, 0) is 50.0 Å². The molecule has 0 aromatic heterocycles. The van der Waals surface area contributed by atoms with Gasteiger partial charge in [-0.3, -0.25) is 0 Å². The summed E-state index contributed by atoms with van der Waals surface area (Å²) in [5.41, 5.74) is 1.03. The van der Waals surface area contributed by atoms with E-state index in [1.807, 2.05) is 0 Å². The predicted octanol–water partition coefficient (Wildman–Crippen LogP) is 3.43. The van der Waals surface area contributed by atoms with Crippen LogP contribution in [0.2, 0.25) is 0 Å². The highest BCUT2D eigenvalue weighted by molar-refractivity contribution is 14.1. The molecule has 32 heavy (non-hydrogen) atoms. The highest BCUT2D eigenvalue weighted by Gasteiger charge is 2.92. The van der Waals surface area contributed by atoms with Crippen LogP contribution in [-0.2, 0) is 23.7 Å². The molecule has 7 heteroatoms. The van der Waals surface area contributed by atoms with Gasteiger partial charge in [0.05, 0.1) is 24.9 Å². The molecule has 3 heterocycles. The van der Waals surface area contributed by atoms with Crippen LogP contribution in [0, 0.1) is 28.6 Å². The van der Waals surface area contributed by atoms with Crippen LogP contribution < -0.4 is 0 Å². The average molecular weight is 558 g/mol. The van der Waals surface area contributed by atoms with E-state index in [-0.39, 0.29) is 47.6 Å². The summed E-state index contributed by atoms with van der Waals surface area (Å²) < 4.78 is 26.9. The van der Waals surface area contributed by atoms with Crippen molar-refractivity contribution in [3.63, 3.8) is 0 Å². The maximum absolute atomic E-state index is 12.3. The number of aliphatic hydroxyl groups is 1. The Kier molecular flexibility index (Phi) is 4.82. The average Bonchev–Trinajstić information content (AvgIpc) is 3.64. The number of hydrogen-bond acceptors (Lipinski definition) is 6. The Hall–Kier alpha value is -0.220. The summed E-state index contributed by atoms with van der Waals surface area (Å²) >= 11 is 2.37. The second-order valence-electron chi connectivity index (χ2n) is 11.6. The Morgan fingerprint density at radius 2 is 2.09 bits per heavy atom. The van der Waals surface area contributed by atoms with Crippen molar-refractivity contribution in [2.75, 3.05) is 24.2 Å². The summed E-state index contributed by atoms with van der Waals surface area (Å²) in [5, 5.41) is 9.62. The zero-order valence-corrected chi connectivity index (χ0v) is 21.6. The van der Waals surface area contributed by atoms with Crippen molar-refractivity contribution in [2.24, 2.45) is 28.6 Å². The number of alkyl halides is 1. The number of carbonyl (C=O) groups excluding carboxylic acids is 1. The molecule has 0 aromatic carbocycles. The molecule has 1 spiro atoms. The molecule has 6 nitrogen and oxygen atoms in total. The molecule has 0 aromatic rings. The van der Waals surface area contributed by atoms with Gasteiger partial charge >= 0.3 is 5.97 Å². The van der Waals surface area contributed by atoms with E-state index >= 15 is 0 Å². The van der Waals surface area contributed by atoms with Crippen molar-refractivity contribution in [2.45, 2.75) is 82.9 Å². The topological polar surface area (TPSA) is 77.5 Å². The van der Waals surface area contributed by atoms with Crippen LogP contribution in [0.1, 0.15) is 53.4 Å². The maximum Gasteiger partial charge on any atom is 0.334 e. The molecule has 4 fully saturated rings. The normalized spacial score (nSPS) is 51.3. The van der Waals surface area contributed by atoms with Crippen LogP contribution in [0.3, 0.4) is 0 Å². The number of carbonyl (C=O) groups is 1. The molecule has 0 bridgehead atoms. The van der Waals surface area contributed by atoms with Crippen molar-refractivity contribution < 1.29 is 28.8 Å². The third-order valence-corrected chi connectivity index (χ3v) is 11.3. The zero-order valence-electron chi connectivity index (χ0n) is 19.5. The number of hydrogen-bond donors (Lipinski definition) is 1. The number of rotatable bonds is 6. The Morgan fingerprint density at radius 3 is 2.78 bits per heavy atom. The molecule has 1 N–H and O–H groups in total. The highest BCUT2D eigenvalue weighted by atomic mass is 127. The minimum atomic E-state index is -0.554. The van der Waals surface area contributed by atoms with E-state index in [2.05, 4.69) is 50.3 Å². The Balaban J connectivity index is 1.43. The number of epoxide rings is 1. The summed E-state index contributed by atoms with van der Waals surface area (Å²) in [6, 6.07) is 0. The molecule has 0 radical (unpaired) electrons. The van der Waals surface area contributed by atoms with Gasteiger partial charge in [-0.2, -0.15) is 0 Å². The lowest BCUT2D eigenvalue weighted by molar-refractivity contribution is -0.276. The number of ether oxygens (including phenoxy) is 4. The number of halogens is 1. The number of cyclic esters (lactones) is 1. The second-order valence-corrected chi connectivity index (χ2v) is 12.5. The van der Waals surface area contributed by atoms with Crippen molar-refractivity contribution in [1.29, 1.82) is 0 Å². The van der Waals surface area contributed by atoms with Crippen LogP contribution in [-0.4, -0.2) is 64.8 Å². The third-order valence-electron chi connectivity index (χ3n) is 10.4. The van der Waals surface area contributed by atoms with Gasteiger partial charge in [0.25, 0.3) is 0 Å². The fourth-order valence-corrected chi connectivity index (χ4v) is 9.20. The largest absolute Gasteiger partial charge is 0.458 e. The quantitative estimate of drug-likeness (QED) is 0.233. The van der Waals surface area contributed by atoms with Gasteiger partial charge in [-0.15, -0.1) is 0 Å². The molecular weight excluding hydrogens is 523 g/mol. The zero-order chi connectivity index (χ0) is 22.7.